The van der Waals surface area contributed by atoms with Gasteiger partial charge in [-0.1, -0.05) is 123 Å². The summed E-state index contributed by atoms with van der Waals surface area (Å²) >= 11 is 0. The second kappa shape index (κ2) is 12.6. The van der Waals surface area contributed by atoms with Gasteiger partial charge in [-0.25, -0.2) is 0 Å². The molecule has 0 atom stereocenters. The molecule has 0 spiro atoms. The van der Waals surface area contributed by atoms with Crippen LogP contribution < -0.4 is 0 Å². The van der Waals surface area contributed by atoms with Gasteiger partial charge in [0.2, 0.25) is 0 Å². The fraction of sp³-hybridized carbons (Fsp3) is 0.120. The summed E-state index contributed by atoms with van der Waals surface area (Å²) in [5.74, 6) is 0. The van der Waals surface area contributed by atoms with E-state index in [0.29, 0.717) is 5.56 Å². The third-order valence-electron chi connectivity index (χ3n) is 11.4. The third kappa shape index (κ3) is 5.21. The first-order chi connectivity index (χ1) is 25.9. The van der Waals surface area contributed by atoms with Crippen LogP contribution in [0, 0.1) is 11.3 Å². The first-order valence-electron chi connectivity index (χ1n) is 18.4. The topological polar surface area (TPSA) is 41.6 Å². The minimum atomic E-state index is -0.105. The Hall–Kier alpha value is -6.50. The summed E-state index contributed by atoms with van der Waals surface area (Å²) in [5, 5.41) is 12.7. The lowest BCUT2D eigenvalue weighted by Gasteiger charge is -2.22. The van der Waals surface area contributed by atoms with Crippen LogP contribution in [0.3, 0.4) is 0 Å². The molecular formula is C50H39N3. The quantitative estimate of drug-likeness (QED) is 0.164. The number of allylic oxidation sites excluding steroid dienone is 6. The standard InChI is InChI=1S/C50H39N3/c1-5-6-19-38-32(2)50(3,4)45-28-44-41-22-13-15-24-48(41)53(49(44)30-43(38)45)37-26-35(39-20-11-10-18-34(39)31-51)25-36(27-37)42-29-47(33-16-8-7-9-17-33)52-46-23-14-12-21-40(42)46/h5-13,15-22,24-30H,1,14,23H2,2-4H3/b19-6-. The summed E-state index contributed by atoms with van der Waals surface area (Å²) in [5.41, 5.74) is 17.6. The summed E-state index contributed by atoms with van der Waals surface area (Å²) in [4.78, 5) is 5.20. The molecule has 3 nitrogen and oxygen atoms in total. The Morgan fingerprint density at radius 2 is 1.53 bits per heavy atom. The minimum Gasteiger partial charge on any atom is -0.309 e. The molecule has 0 bridgehead atoms. The zero-order valence-corrected chi connectivity index (χ0v) is 30.3. The van der Waals surface area contributed by atoms with Gasteiger partial charge in [0.25, 0.3) is 0 Å². The monoisotopic (exact) mass is 681 g/mol. The largest absolute Gasteiger partial charge is 0.309 e. The van der Waals surface area contributed by atoms with E-state index >= 15 is 0 Å². The molecule has 2 aliphatic rings. The highest BCUT2D eigenvalue weighted by Crippen LogP contribution is 2.49. The van der Waals surface area contributed by atoms with Gasteiger partial charge in [-0.05, 0) is 107 Å². The summed E-state index contributed by atoms with van der Waals surface area (Å²) in [7, 11) is 0. The number of fused-ring (bicyclic) bond motifs is 5. The fourth-order valence-corrected chi connectivity index (χ4v) is 8.44. The van der Waals surface area contributed by atoms with E-state index in [1.165, 1.54) is 33.0 Å². The number of hydrogen-bond acceptors (Lipinski definition) is 2. The first-order valence-corrected chi connectivity index (χ1v) is 18.4. The number of para-hydroxylation sites is 1. The molecule has 254 valence electrons. The Kier molecular flexibility index (Phi) is 7.72. The van der Waals surface area contributed by atoms with E-state index in [1.807, 2.05) is 36.4 Å². The lowest BCUT2D eigenvalue weighted by Crippen LogP contribution is -2.15. The summed E-state index contributed by atoms with van der Waals surface area (Å²) in [6.07, 6.45) is 12.5. The minimum absolute atomic E-state index is 0.105. The van der Waals surface area contributed by atoms with Crippen LogP contribution in [0.2, 0.25) is 0 Å². The molecular weight excluding hydrogens is 643 g/mol. The molecule has 0 unspecified atom stereocenters. The maximum atomic E-state index is 10.3. The fourth-order valence-electron chi connectivity index (χ4n) is 8.44. The predicted molar refractivity (Wildman–Crippen MR) is 222 cm³/mol. The van der Waals surface area contributed by atoms with Crippen LogP contribution in [0.15, 0.2) is 152 Å². The Bertz CT molecular complexity index is 2780. The molecule has 0 radical (unpaired) electrons. The lowest BCUT2D eigenvalue weighted by molar-refractivity contribution is 0.640. The van der Waals surface area contributed by atoms with Gasteiger partial charge in [0.1, 0.15) is 0 Å². The van der Waals surface area contributed by atoms with Crippen molar-refractivity contribution in [3.8, 4) is 45.3 Å². The number of hydrogen-bond donors (Lipinski definition) is 0. The van der Waals surface area contributed by atoms with Crippen LogP contribution in [-0.2, 0) is 11.8 Å². The normalized spacial score (nSPS) is 14.5. The van der Waals surface area contributed by atoms with Crippen LogP contribution in [0.5, 0.6) is 0 Å². The number of aromatic nitrogens is 2. The molecule has 7 aromatic rings. The zero-order chi connectivity index (χ0) is 36.3. The molecule has 2 aliphatic carbocycles. The number of benzene rings is 5. The number of nitriles is 1. The Labute approximate surface area is 311 Å². The van der Waals surface area contributed by atoms with Crippen molar-refractivity contribution in [3.05, 3.63) is 180 Å². The molecule has 3 heteroatoms. The smallest absolute Gasteiger partial charge is 0.0998 e. The van der Waals surface area contributed by atoms with Crippen LogP contribution >= 0.6 is 0 Å². The van der Waals surface area contributed by atoms with Gasteiger partial charge in [-0.15, -0.1) is 0 Å². The van der Waals surface area contributed by atoms with Crippen molar-refractivity contribution in [1.29, 1.82) is 5.26 Å². The number of rotatable bonds is 6. The summed E-state index contributed by atoms with van der Waals surface area (Å²) in [6.45, 7) is 10.9. The molecule has 0 amide bonds. The molecule has 0 fully saturated rings. The molecule has 5 aromatic carbocycles. The highest BCUT2D eigenvalue weighted by molar-refractivity contribution is 6.11. The first kappa shape index (κ1) is 32.4. The molecule has 2 aromatic heterocycles. The van der Waals surface area contributed by atoms with Crippen molar-refractivity contribution in [2.24, 2.45) is 0 Å². The predicted octanol–water partition coefficient (Wildman–Crippen LogP) is 12.8. The van der Waals surface area contributed by atoms with E-state index in [9.17, 15) is 5.26 Å². The van der Waals surface area contributed by atoms with Crippen molar-refractivity contribution < 1.29 is 0 Å². The molecule has 0 aliphatic heterocycles. The van der Waals surface area contributed by atoms with Gasteiger partial charge >= 0.3 is 0 Å². The van der Waals surface area contributed by atoms with Gasteiger partial charge in [-0.2, -0.15) is 5.26 Å². The molecule has 53 heavy (non-hydrogen) atoms. The van der Waals surface area contributed by atoms with E-state index < -0.39 is 0 Å². The van der Waals surface area contributed by atoms with Crippen molar-refractivity contribution in [2.45, 2.75) is 39.0 Å². The number of aryl methyl sites for hydroxylation is 1. The number of pyridine rings is 1. The van der Waals surface area contributed by atoms with Crippen LogP contribution in [0.25, 0.3) is 72.7 Å². The van der Waals surface area contributed by atoms with Gasteiger partial charge in [-0.3, -0.25) is 4.98 Å². The van der Waals surface area contributed by atoms with Crippen LogP contribution in [0.4, 0.5) is 0 Å². The van der Waals surface area contributed by atoms with E-state index in [1.54, 1.807) is 0 Å². The molecule has 0 saturated heterocycles. The van der Waals surface area contributed by atoms with Crippen molar-refractivity contribution in [3.63, 3.8) is 0 Å². The van der Waals surface area contributed by atoms with E-state index in [0.717, 1.165) is 74.3 Å². The van der Waals surface area contributed by atoms with E-state index in [4.69, 9.17) is 4.98 Å². The maximum Gasteiger partial charge on any atom is 0.0998 e. The van der Waals surface area contributed by atoms with Gasteiger partial charge in [0, 0.05) is 38.7 Å². The average Bonchev–Trinajstić information content (AvgIpc) is 3.62. The van der Waals surface area contributed by atoms with Crippen molar-refractivity contribution in [2.75, 3.05) is 0 Å². The average molecular weight is 682 g/mol. The van der Waals surface area contributed by atoms with Gasteiger partial charge in [0.15, 0.2) is 0 Å². The van der Waals surface area contributed by atoms with Crippen molar-refractivity contribution in [1.82, 2.24) is 9.55 Å². The zero-order valence-electron chi connectivity index (χ0n) is 30.3. The highest BCUT2D eigenvalue weighted by Gasteiger charge is 2.35. The summed E-state index contributed by atoms with van der Waals surface area (Å²) in [6, 6.07) is 43.5. The molecule has 0 N–H and O–H groups in total. The second-order valence-electron chi connectivity index (χ2n) is 14.7. The van der Waals surface area contributed by atoms with Gasteiger partial charge in [0.05, 0.1) is 28.4 Å². The van der Waals surface area contributed by atoms with Crippen LogP contribution in [0.1, 0.15) is 55.1 Å². The number of nitrogens with zero attached hydrogens (tertiary/aromatic N) is 3. The van der Waals surface area contributed by atoms with E-state index in [2.05, 4.69) is 147 Å². The van der Waals surface area contributed by atoms with Crippen LogP contribution in [-0.4, -0.2) is 9.55 Å². The van der Waals surface area contributed by atoms with Crippen molar-refractivity contribution >= 4 is 33.5 Å². The SMILES string of the molecule is C=C/C=C\C1=C(C)C(C)(C)c2cc3c4ccccc4n(-c4cc(-c5ccccc5C#N)cc(-c5cc(-c6ccccc6)nc6c5C=CCC6)c4)c3cc21. The second-order valence-corrected chi connectivity index (χ2v) is 14.7. The Morgan fingerprint density at radius 1 is 0.774 bits per heavy atom. The Balaban J connectivity index is 1.37. The summed E-state index contributed by atoms with van der Waals surface area (Å²) < 4.78 is 2.42. The molecule has 9 rings (SSSR count). The molecule has 2 heterocycles. The highest BCUT2D eigenvalue weighted by atomic mass is 15.0. The van der Waals surface area contributed by atoms with Gasteiger partial charge < -0.3 is 4.57 Å². The van der Waals surface area contributed by atoms with E-state index in [-0.39, 0.29) is 5.41 Å². The lowest BCUT2D eigenvalue weighted by atomic mass is 9.81. The maximum absolute atomic E-state index is 10.3. The molecule has 0 saturated carbocycles. The Morgan fingerprint density at radius 3 is 2.34 bits per heavy atom. The third-order valence-corrected chi connectivity index (χ3v) is 11.4.